The van der Waals surface area contributed by atoms with E-state index in [1.54, 1.807) is 0 Å². The average molecular weight is 376 g/mol. The fourth-order valence-electron chi connectivity index (χ4n) is 4.77. The normalized spacial score (nSPS) is 19.9. The van der Waals surface area contributed by atoms with Gasteiger partial charge < -0.3 is 4.74 Å². The number of allylic oxidation sites excluding steroid dienone is 4. The van der Waals surface area contributed by atoms with Crippen molar-refractivity contribution in [2.45, 2.75) is 25.9 Å². The third-order valence-corrected chi connectivity index (χ3v) is 5.85. The Morgan fingerprint density at radius 3 is 2.03 bits per heavy atom. The molecular weight excluding hydrogens is 352 g/mol. The molecule has 3 aromatic rings. The van der Waals surface area contributed by atoms with Gasteiger partial charge >= 0.3 is 0 Å². The zero-order chi connectivity index (χ0) is 19.8. The van der Waals surface area contributed by atoms with Crippen molar-refractivity contribution < 1.29 is 4.74 Å². The van der Waals surface area contributed by atoms with E-state index in [1.165, 1.54) is 39.0 Å². The van der Waals surface area contributed by atoms with Crippen molar-refractivity contribution in [3.05, 3.63) is 119 Å². The van der Waals surface area contributed by atoms with E-state index in [-0.39, 0.29) is 0 Å². The molecule has 0 bridgehead atoms. The highest BCUT2D eigenvalue weighted by Crippen LogP contribution is 2.58. The summed E-state index contributed by atoms with van der Waals surface area (Å²) in [5.41, 5.74) is 8.05. The minimum absolute atomic E-state index is 0.595. The molecule has 3 aromatic carbocycles. The van der Waals surface area contributed by atoms with Gasteiger partial charge in [-0.2, -0.15) is 0 Å². The number of fused-ring (bicyclic) bond motifs is 8. The molecule has 142 valence electrons. The molecule has 0 radical (unpaired) electrons. The van der Waals surface area contributed by atoms with Gasteiger partial charge in [0, 0.05) is 22.3 Å². The van der Waals surface area contributed by atoms with E-state index in [1.807, 2.05) is 13.8 Å². The van der Waals surface area contributed by atoms with Gasteiger partial charge in [0.15, 0.2) is 5.60 Å². The van der Waals surface area contributed by atoms with Crippen LogP contribution in [0.25, 0.3) is 16.7 Å². The molecule has 29 heavy (non-hydrogen) atoms. The molecule has 1 heterocycles. The Kier molecular flexibility index (Phi) is 4.24. The van der Waals surface area contributed by atoms with Gasteiger partial charge in [0.05, 0.1) is 0 Å². The van der Waals surface area contributed by atoms with Gasteiger partial charge in [0.25, 0.3) is 0 Å². The first-order valence-electron chi connectivity index (χ1n) is 10.5. The van der Waals surface area contributed by atoms with Crippen molar-refractivity contribution in [3.8, 4) is 16.9 Å². The standard InChI is InChI=1S/C26H18O.C2H6/c1-2-10-18-19-11-4-7-15-23(19)26(22(18)14-3-1)24-16-8-5-12-20(24)21-13-6-9-17-25(21)27-26;1-2/h2-17H,1H2;1-2H3. The second kappa shape index (κ2) is 6.93. The number of hydrogen-bond donors (Lipinski definition) is 0. The van der Waals surface area contributed by atoms with Crippen molar-refractivity contribution >= 4 is 5.57 Å². The molecule has 0 aromatic heterocycles. The highest BCUT2D eigenvalue weighted by Gasteiger charge is 2.50. The van der Waals surface area contributed by atoms with Crippen LogP contribution in [0.15, 0.2) is 103 Å². The minimum atomic E-state index is -0.595. The van der Waals surface area contributed by atoms with Crippen LogP contribution in [0.4, 0.5) is 0 Å². The molecule has 1 heteroatoms. The van der Waals surface area contributed by atoms with Crippen LogP contribution in [0, 0.1) is 0 Å². The molecule has 1 unspecified atom stereocenters. The third kappa shape index (κ3) is 2.40. The summed E-state index contributed by atoms with van der Waals surface area (Å²) in [6.07, 6.45) is 9.94. The monoisotopic (exact) mass is 376 g/mol. The molecule has 1 nitrogen and oxygen atoms in total. The van der Waals surface area contributed by atoms with Crippen LogP contribution < -0.4 is 4.74 Å². The van der Waals surface area contributed by atoms with Crippen LogP contribution >= 0.6 is 0 Å². The summed E-state index contributed by atoms with van der Waals surface area (Å²) in [6, 6.07) is 25.7. The Hall–Kier alpha value is -3.32. The molecule has 0 saturated carbocycles. The lowest BCUT2D eigenvalue weighted by Crippen LogP contribution is -2.37. The molecule has 0 saturated heterocycles. The van der Waals surface area contributed by atoms with E-state index in [2.05, 4.69) is 97.1 Å². The maximum atomic E-state index is 6.92. The van der Waals surface area contributed by atoms with E-state index in [9.17, 15) is 0 Å². The zero-order valence-corrected chi connectivity index (χ0v) is 16.9. The Labute approximate surface area is 172 Å². The van der Waals surface area contributed by atoms with Crippen LogP contribution in [-0.2, 0) is 5.60 Å². The number of rotatable bonds is 0. The van der Waals surface area contributed by atoms with Gasteiger partial charge in [-0.05, 0) is 29.2 Å². The molecule has 0 fully saturated rings. The molecule has 6 rings (SSSR count). The lowest BCUT2D eigenvalue weighted by atomic mass is 9.77. The van der Waals surface area contributed by atoms with Gasteiger partial charge in [-0.3, -0.25) is 0 Å². The number of hydrogen-bond acceptors (Lipinski definition) is 1. The van der Waals surface area contributed by atoms with Crippen molar-refractivity contribution in [3.63, 3.8) is 0 Å². The second-order valence-electron chi connectivity index (χ2n) is 7.24. The van der Waals surface area contributed by atoms with E-state index in [4.69, 9.17) is 4.74 Å². The van der Waals surface area contributed by atoms with Gasteiger partial charge in [-0.25, -0.2) is 0 Å². The van der Waals surface area contributed by atoms with E-state index >= 15 is 0 Å². The Morgan fingerprint density at radius 1 is 0.655 bits per heavy atom. The summed E-state index contributed by atoms with van der Waals surface area (Å²) >= 11 is 0. The lowest BCUT2D eigenvalue weighted by molar-refractivity contribution is 0.155. The highest BCUT2D eigenvalue weighted by molar-refractivity contribution is 5.92. The maximum Gasteiger partial charge on any atom is 0.186 e. The SMILES string of the molecule is C1=CC2=C(C=CC1)C1(Oc3ccccc3-c3ccccc31)c1ccccc12.CC. The first-order valence-corrected chi connectivity index (χ1v) is 10.5. The highest BCUT2D eigenvalue weighted by atomic mass is 16.5. The second-order valence-corrected chi connectivity index (χ2v) is 7.24. The molecule has 1 spiro atoms. The maximum absolute atomic E-state index is 6.92. The summed E-state index contributed by atoms with van der Waals surface area (Å²) < 4.78 is 6.92. The molecule has 0 amide bonds. The summed E-state index contributed by atoms with van der Waals surface area (Å²) in [5.74, 6) is 0.946. The quantitative estimate of drug-likeness (QED) is 0.400. The summed E-state index contributed by atoms with van der Waals surface area (Å²) in [4.78, 5) is 0. The topological polar surface area (TPSA) is 9.23 Å². The fraction of sp³-hybridized carbons (Fsp3) is 0.143. The smallest absolute Gasteiger partial charge is 0.186 e. The number of ether oxygens (including phenoxy) is 1. The molecular formula is C28H24O. The molecule has 1 aliphatic heterocycles. The summed E-state index contributed by atoms with van der Waals surface area (Å²) in [6.45, 7) is 4.00. The zero-order valence-electron chi connectivity index (χ0n) is 16.9. The number of para-hydroxylation sites is 1. The number of benzene rings is 3. The molecule has 0 N–H and O–H groups in total. The Bertz CT molecular complexity index is 1180. The molecule has 1 atom stereocenters. The van der Waals surface area contributed by atoms with Crippen molar-refractivity contribution in [1.29, 1.82) is 0 Å². The van der Waals surface area contributed by atoms with Gasteiger partial charge in [0.1, 0.15) is 5.75 Å². The first-order chi connectivity index (χ1) is 14.4. The first kappa shape index (κ1) is 17.8. The van der Waals surface area contributed by atoms with Crippen LogP contribution in [0.3, 0.4) is 0 Å². The largest absolute Gasteiger partial charge is 0.472 e. The Morgan fingerprint density at radius 2 is 1.24 bits per heavy atom. The van der Waals surface area contributed by atoms with Crippen molar-refractivity contribution in [2.75, 3.05) is 0 Å². The molecule has 2 aliphatic carbocycles. The Balaban J connectivity index is 0.000000882. The van der Waals surface area contributed by atoms with Crippen molar-refractivity contribution in [2.24, 2.45) is 0 Å². The van der Waals surface area contributed by atoms with E-state index < -0.39 is 5.60 Å². The van der Waals surface area contributed by atoms with Gasteiger partial charge in [-0.15, -0.1) is 0 Å². The molecule has 3 aliphatic rings. The van der Waals surface area contributed by atoms with Gasteiger partial charge in [0.2, 0.25) is 0 Å². The predicted octanol–water partition coefficient (Wildman–Crippen LogP) is 7.30. The van der Waals surface area contributed by atoms with Gasteiger partial charge in [-0.1, -0.05) is 105 Å². The summed E-state index contributed by atoms with van der Waals surface area (Å²) in [7, 11) is 0. The van der Waals surface area contributed by atoms with Crippen LogP contribution in [0.1, 0.15) is 37.0 Å². The van der Waals surface area contributed by atoms with E-state index in [0.717, 1.165) is 12.2 Å². The summed E-state index contributed by atoms with van der Waals surface area (Å²) in [5, 5.41) is 0. The van der Waals surface area contributed by atoms with Crippen LogP contribution in [0.2, 0.25) is 0 Å². The van der Waals surface area contributed by atoms with E-state index in [0.29, 0.717) is 0 Å². The predicted molar refractivity (Wildman–Crippen MR) is 121 cm³/mol. The lowest BCUT2D eigenvalue weighted by Gasteiger charge is -2.40. The minimum Gasteiger partial charge on any atom is -0.472 e. The fourth-order valence-corrected chi connectivity index (χ4v) is 4.77. The van der Waals surface area contributed by atoms with Crippen LogP contribution in [0.5, 0.6) is 5.75 Å². The van der Waals surface area contributed by atoms with Crippen LogP contribution in [-0.4, -0.2) is 0 Å². The average Bonchev–Trinajstić information content (AvgIpc) is 2.94. The third-order valence-electron chi connectivity index (χ3n) is 5.85. The van der Waals surface area contributed by atoms with Crippen molar-refractivity contribution in [1.82, 2.24) is 0 Å².